The molecule has 0 spiro atoms. The maximum Gasteiger partial charge on any atom is 0.0320 e. The first-order valence-electron chi connectivity index (χ1n) is 9.16. The Morgan fingerprint density at radius 2 is 1.38 bits per heavy atom. The van der Waals surface area contributed by atoms with Gasteiger partial charge in [-0.05, 0) is 24.9 Å². The molecule has 0 aliphatic heterocycles. The van der Waals surface area contributed by atoms with Crippen molar-refractivity contribution < 1.29 is 0 Å². The molecule has 1 N–H and O–H groups in total. The highest BCUT2D eigenvalue weighted by molar-refractivity contribution is 5.18. The molecule has 0 saturated carbocycles. The van der Waals surface area contributed by atoms with Crippen LogP contribution in [-0.4, -0.2) is 6.54 Å². The summed E-state index contributed by atoms with van der Waals surface area (Å²) in [5, 5.41) is 3.70. The third kappa shape index (κ3) is 8.93. The van der Waals surface area contributed by atoms with Crippen LogP contribution in [0.1, 0.15) is 89.7 Å². The summed E-state index contributed by atoms with van der Waals surface area (Å²) in [4.78, 5) is 0. The predicted molar refractivity (Wildman–Crippen MR) is 94.7 cm³/mol. The van der Waals surface area contributed by atoms with Gasteiger partial charge in [0.05, 0.1) is 0 Å². The van der Waals surface area contributed by atoms with Crippen LogP contribution in [-0.2, 0) is 0 Å². The molecule has 1 aromatic rings. The molecule has 0 fully saturated rings. The Labute approximate surface area is 132 Å². The molecule has 0 radical (unpaired) electrons. The van der Waals surface area contributed by atoms with Crippen LogP contribution in [0, 0.1) is 0 Å². The molecule has 1 heteroatoms. The highest BCUT2D eigenvalue weighted by Gasteiger charge is 2.09. The quantitative estimate of drug-likeness (QED) is 0.423. The van der Waals surface area contributed by atoms with E-state index in [-0.39, 0.29) is 0 Å². The van der Waals surface area contributed by atoms with Crippen LogP contribution in [0.25, 0.3) is 0 Å². The molecule has 0 heterocycles. The molecule has 1 unspecified atom stereocenters. The maximum atomic E-state index is 3.70. The maximum absolute atomic E-state index is 3.70. The summed E-state index contributed by atoms with van der Waals surface area (Å²) in [6, 6.07) is 11.5. The number of benzene rings is 1. The molecule has 0 saturated heterocycles. The molecule has 21 heavy (non-hydrogen) atoms. The third-order valence-corrected chi connectivity index (χ3v) is 4.19. The molecule has 120 valence electrons. The van der Waals surface area contributed by atoms with Crippen LogP contribution in [0.3, 0.4) is 0 Å². The largest absolute Gasteiger partial charge is 0.310 e. The van der Waals surface area contributed by atoms with Gasteiger partial charge < -0.3 is 5.32 Å². The Morgan fingerprint density at radius 1 is 0.762 bits per heavy atom. The summed E-state index contributed by atoms with van der Waals surface area (Å²) in [7, 11) is 0. The fraction of sp³-hybridized carbons (Fsp3) is 0.700. The van der Waals surface area contributed by atoms with Gasteiger partial charge in [0.15, 0.2) is 0 Å². The Balaban J connectivity index is 2.18. The zero-order valence-electron chi connectivity index (χ0n) is 14.2. The van der Waals surface area contributed by atoms with Gasteiger partial charge in [0.2, 0.25) is 0 Å². The van der Waals surface area contributed by atoms with Gasteiger partial charge in [-0.25, -0.2) is 0 Å². The monoisotopic (exact) mass is 289 g/mol. The summed E-state index contributed by atoms with van der Waals surface area (Å²) < 4.78 is 0. The van der Waals surface area contributed by atoms with E-state index in [1.807, 2.05) is 0 Å². The van der Waals surface area contributed by atoms with Gasteiger partial charge in [-0.1, -0.05) is 95.5 Å². The second-order valence-corrected chi connectivity index (χ2v) is 6.18. The Bertz CT molecular complexity index is 320. The van der Waals surface area contributed by atoms with Gasteiger partial charge in [0.1, 0.15) is 0 Å². The standard InChI is InChI=1S/C20H35N/c1-3-5-6-7-8-9-10-14-17-20(21-18-4-2)19-15-12-11-13-16-19/h11-13,15-16,20-21H,3-10,14,17-18H2,1-2H3. The van der Waals surface area contributed by atoms with E-state index in [1.165, 1.54) is 69.8 Å². The third-order valence-electron chi connectivity index (χ3n) is 4.19. The highest BCUT2D eigenvalue weighted by atomic mass is 14.9. The lowest BCUT2D eigenvalue weighted by Gasteiger charge is -2.19. The molecule has 0 aliphatic rings. The van der Waals surface area contributed by atoms with E-state index < -0.39 is 0 Å². The number of hydrogen-bond acceptors (Lipinski definition) is 1. The van der Waals surface area contributed by atoms with E-state index in [4.69, 9.17) is 0 Å². The fourth-order valence-corrected chi connectivity index (χ4v) is 2.87. The number of rotatable bonds is 13. The summed E-state index contributed by atoms with van der Waals surface area (Å²) in [6.45, 7) is 5.65. The molecule has 0 amide bonds. The van der Waals surface area contributed by atoms with Crippen molar-refractivity contribution in [2.75, 3.05) is 6.54 Å². The minimum atomic E-state index is 0.547. The normalized spacial score (nSPS) is 12.5. The summed E-state index contributed by atoms with van der Waals surface area (Å²) >= 11 is 0. The van der Waals surface area contributed by atoms with Crippen molar-refractivity contribution in [3.63, 3.8) is 0 Å². The number of hydrogen-bond donors (Lipinski definition) is 1. The van der Waals surface area contributed by atoms with Gasteiger partial charge >= 0.3 is 0 Å². The van der Waals surface area contributed by atoms with Crippen molar-refractivity contribution in [2.45, 2.75) is 84.1 Å². The van der Waals surface area contributed by atoms with E-state index in [2.05, 4.69) is 49.5 Å². The topological polar surface area (TPSA) is 12.0 Å². The minimum absolute atomic E-state index is 0.547. The van der Waals surface area contributed by atoms with Crippen molar-refractivity contribution in [1.29, 1.82) is 0 Å². The zero-order valence-corrected chi connectivity index (χ0v) is 14.2. The molecule has 0 aromatic heterocycles. The minimum Gasteiger partial charge on any atom is -0.310 e. The molecule has 1 aromatic carbocycles. The van der Waals surface area contributed by atoms with E-state index in [0.717, 1.165) is 6.54 Å². The van der Waals surface area contributed by atoms with Crippen molar-refractivity contribution in [3.05, 3.63) is 35.9 Å². The van der Waals surface area contributed by atoms with Crippen molar-refractivity contribution in [3.8, 4) is 0 Å². The molecular formula is C20H35N. The number of nitrogens with one attached hydrogen (secondary N) is 1. The molecular weight excluding hydrogens is 254 g/mol. The van der Waals surface area contributed by atoms with E-state index in [1.54, 1.807) is 0 Å². The first-order valence-corrected chi connectivity index (χ1v) is 9.16. The highest BCUT2D eigenvalue weighted by Crippen LogP contribution is 2.20. The predicted octanol–water partition coefficient (Wildman–Crippen LogP) is 6.26. The Kier molecular flexibility index (Phi) is 11.2. The van der Waals surface area contributed by atoms with Gasteiger partial charge in [0.25, 0.3) is 0 Å². The first-order chi connectivity index (χ1) is 10.4. The molecule has 1 nitrogen and oxygen atoms in total. The lowest BCUT2D eigenvalue weighted by Crippen LogP contribution is -2.22. The lowest BCUT2D eigenvalue weighted by molar-refractivity contribution is 0.465. The van der Waals surface area contributed by atoms with Crippen LogP contribution < -0.4 is 5.32 Å². The van der Waals surface area contributed by atoms with Crippen LogP contribution >= 0.6 is 0 Å². The summed E-state index contributed by atoms with van der Waals surface area (Å²) in [5.41, 5.74) is 1.45. The Morgan fingerprint density at radius 3 is 2.00 bits per heavy atom. The van der Waals surface area contributed by atoms with Gasteiger partial charge in [0, 0.05) is 6.04 Å². The van der Waals surface area contributed by atoms with Gasteiger partial charge in [-0.3, -0.25) is 0 Å². The van der Waals surface area contributed by atoms with Crippen LogP contribution in [0.2, 0.25) is 0 Å². The van der Waals surface area contributed by atoms with Crippen molar-refractivity contribution in [2.24, 2.45) is 0 Å². The van der Waals surface area contributed by atoms with Crippen molar-refractivity contribution >= 4 is 0 Å². The van der Waals surface area contributed by atoms with Crippen LogP contribution in [0.5, 0.6) is 0 Å². The van der Waals surface area contributed by atoms with Gasteiger partial charge in [-0.15, -0.1) is 0 Å². The van der Waals surface area contributed by atoms with E-state index in [0.29, 0.717) is 6.04 Å². The van der Waals surface area contributed by atoms with Gasteiger partial charge in [-0.2, -0.15) is 0 Å². The van der Waals surface area contributed by atoms with Crippen LogP contribution in [0.15, 0.2) is 30.3 Å². The first kappa shape index (κ1) is 18.2. The number of unbranched alkanes of at least 4 members (excludes halogenated alkanes) is 7. The van der Waals surface area contributed by atoms with E-state index in [9.17, 15) is 0 Å². The molecule has 0 bridgehead atoms. The average molecular weight is 290 g/mol. The molecule has 0 aliphatic carbocycles. The average Bonchev–Trinajstić information content (AvgIpc) is 2.53. The fourth-order valence-electron chi connectivity index (χ4n) is 2.87. The van der Waals surface area contributed by atoms with Crippen LogP contribution in [0.4, 0.5) is 0 Å². The second kappa shape index (κ2) is 12.9. The zero-order chi connectivity index (χ0) is 15.2. The lowest BCUT2D eigenvalue weighted by atomic mass is 9.99. The Hall–Kier alpha value is -0.820. The second-order valence-electron chi connectivity index (χ2n) is 6.18. The molecule has 1 atom stereocenters. The summed E-state index contributed by atoms with van der Waals surface area (Å²) in [5.74, 6) is 0. The SMILES string of the molecule is CCCCCCCCCCC(NCCC)c1ccccc1. The van der Waals surface area contributed by atoms with Crippen molar-refractivity contribution in [1.82, 2.24) is 5.32 Å². The smallest absolute Gasteiger partial charge is 0.0320 e. The van der Waals surface area contributed by atoms with E-state index >= 15 is 0 Å². The summed E-state index contributed by atoms with van der Waals surface area (Å²) in [6.07, 6.45) is 13.7. The molecule has 1 rings (SSSR count).